The molecule has 26 heavy (non-hydrogen) atoms. The molecular formula is C19H24FN3O3. The second kappa shape index (κ2) is 9.12. The van der Waals surface area contributed by atoms with Crippen molar-refractivity contribution in [3.63, 3.8) is 0 Å². The summed E-state index contributed by atoms with van der Waals surface area (Å²) in [5.41, 5.74) is 0.0367. The first-order valence-electron chi connectivity index (χ1n) is 8.71. The van der Waals surface area contributed by atoms with Gasteiger partial charge in [0.2, 0.25) is 5.88 Å². The minimum Gasteiger partial charge on any atom is -0.463 e. The highest BCUT2D eigenvalue weighted by Crippen LogP contribution is 2.11. The fraction of sp³-hybridized carbons (Fsp3) is 0.421. The van der Waals surface area contributed by atoms with Crippen LogP contribution in [-0.2, 0) is 4.79 Å². The maximum atomic E-state index is 13.1. The van der Waals surface area contributed by atoms with Crippen molar-refractivity contribution >= 4 is 5.91 Å². The number of carbonyl (C=O) groups excluding carboxylic acids is 1. The van der Waals surface area contributed by atoms with Gasteiger partial charge in [-0.05, 0) is 43.0 Å². The van der Waals surface area contributed by atoms with Gasteiger partial charge in [-0.25, -0.2) is 4.39 Å². The smallest absolute Gasteiger partial charge is 0.271 e. The Morgan fingerprint density at radius 3 is 2.54 bits per heavy atom. The van der Waals surface area contributed by atoms with Crippen molar-refractivity contribution < 1.29 is 13.9 Å². The number of amides is 1. The first-order chi connectivity index (χ1) is 12.4. The molecule has 0 saturated carbocycles. The van der Waals surface area contributed by atoms with Crippen LogP contribution in [0.15, 0.2) is 41.2 Å². The lowest BCUT2D eigenvalue weighted by Gasteiger charge is -2.17. The van der Waals surface area contributed by atoms with E-state index in [1.54, 1.807) is 0 Å². The molecule has 1 atom stereocenters. The predicted molar refractivity (Wildman–Crippen MR) is 97.0 cm³/mol. The van der Waals surface area contributed by atoms with Crippen molar-refractivity contribution in [1.29, 1.82) is 0 Å². The lowest BCUT2D eigenvalue weighted by Crippen LogP contribution is -2.39. The SMILES string of the molecule is CC[C@@H](Oc1ccc(=O)n(-c2ccc(F)cc2)n1)C(=O)NCCC(C)C. The van der Waals surface area contributed by atoms with E-state index >= 15 is 0 Å². The van der Waals surface area contributed by atoms with Gasteiger partial charge in [0.15, 0.2) is 6.10 Å². The number of ether oxygens (including phenoxy) is 1. The third kappa shape index (κ3) is 5.40. The van der Waals surface area contributed by atoms with E-state index < -0.39 is 11.9 Å². The number of aromatic nitrogens is 2. The summed E-state index contributed by atoms with van der Waals surface area (Å²) in [5, 5.41) is 6.98. The zero-order chi connectivity index (χ0) is 19.1. The van der Waals surface area contributed by atoms with Crippen molar-refractivity contribution in [2.24, 2.45) is 5.92 Å². The summed E-state index contributed by atoms with van der Waals surface area (Å²) >= 11 is 0. The molecule has 2 rings (SSSR count). The van der Waals surface area contributed by atoms with Crippen LogP contribution < -0.4 is 15.6 Å². The number of nitrogens with zero attached hydrogens (tertiary/aromatic N) is 2. The van der Waals surface area contributed by atoms with Crippen molar-refractivity contribution in [1.82, 2.24) is 15.1 Å². The Morgan fingerprint density at radius 1 is 1.23 bits per heavy atom. The molecule has 0 saturated heterocycles. The Morgan fingerprint density at radius 2 is 1.92 bits per heavy atom. The fourth-order valence-corrected chi connectivity index (χ4v) is 2.29. The second-order valence-corrected chi connectivity index (χ2v) is 6.39. The largest absolute Gasteiger partial charge is 0.463 e. The van der Waals surface area contributed by atoms with Crippen molar-refractivity contribution in [2.45, 2.75) is 39.7 Å². The van der Waals surface area contributed by atoms with Crippen LogP contribution >= 0.6 is 0 Å². The third-order valence-electron chi connectivity index (χ3n) is 3.79. The Balaban J connectivity index is 2.12. The van der Waals surface area contributed by atoms with Crippen LogP contribution in [0.25, 0.3) is 5.69 Å². The van der Waals surface area contributed by atoms with Gasteiger partial charge in [-0.15, -0.1) is 5.10 Å². The fourth-order valence-electron chi connectivity index (χ4n) is 2.29. The summed E-state index contributed by atoms with van der Waals surface area (Å²) in [7, 11) is 0. The molecule has 0 aliphatic rings. The van der Waals surface area contributed by atoms with Gasteiger partial charge >= 0.3 is 0 Å². The Bertz CT molecular complexity index is 787. The number of halogens is 1. The number of benzene rings is 1. The van der Waals surface area contributed by atoms with Crippen LogP contribution in [0.5, 0.6) is 5.88 Å². The Labute approximate surface area is 152 Å². The zero-order valence-electron chi connectivity index (χ0n) is 15.2. The van der Waals surface area contributed by atoms with Crippen LogP contribution in [0.4, 0.5) is 4.39 Å². The number of nitrogens with one attached hydrogen (secondary N) is 1. The van der Waals surface area contributed by atoms with Crippen LogP contribution in [0.2, 0.25) is 0 Å². The summed E-state index contributed by atoms with van der Waals surface area (Å²) in [6, 6.07) is 8.11. The molecule has 1 heterocycles. The highest BCUT2D eigenvalue weighted by molar-refractivity contribution is 5.80. The average Bonchev–Trinajstić information content (AvgIpc) is 2.61. The van der Waals surface area contributed by atoms with Gasteiger partial charge in [0, 0.05) is 18.7 Å². The summed E-state index contributed by atoms with van der Waals surface area (Å²) in [6.07, 6.45) is 0.648. The quantitative estimate of drug-likeness (QED) is 0.785. The molecule has 0 bridgehead atoms. The molecule has 140 valence electrons. The van der Waals surface area contributed by atoms with Crippen molar-refractivity contribution in [3.05, 3.63) is 52.6 Å². The van der Waals surface area contributed by atoms with E-state index in [0.717, 1.165) is 11.1 Å². The number of carbonyl (C=O) groups is 1. The molecule has 0 radical (unpaired) electrons. The minimum absolute atomic E-state index is 0.153. The van der Waals surface area contributed by atoms with E-state index in [0.29, 0.717) is 24.6 Å². The minimum atomic E-state index is -0.700. The molecule has 1 N–H and O–H groups in total. The summed E-state index contributed by atoms with van der Waals surface area (Å²) < 4.78 is 19.8. The first-order valence-corrected chi connectivity index (χ1v) is 8.71. The van der Waals surface area contributed by atoms with Gasteiger partial charge in [0.25, 0.3) is 11.5 Å². The molecular weight excluding hydrogens is 337 g/mol. The van der Waals surface area contributed by atoms with Gasteiger partial charge in [0.1, 0.15) is 5.82 Å². The van der Waals surface area contributed by atoms with Gasteiger partial charge in [-0.2, -0.15) is 4.68 Å². The van der Waals surface area contributed by atoms with E-state index in [9.17, 15) is 14.0 Å². The average molecular weight is 361 g/mol. The molecule has 1 amide bonds. The van der Waals surface area contributed by atoms with Crippen LogP contribution in [-0.4, -0.2) is 28.3 Å². The molecule has 1 aromatic heterocycles. The maximum Gasteiger partial charge on any atom is 0.271 e. The van der Waals surface area contributed by atoms with E-state index in [1.807, 2.05) is 6.92 Å². The van der Waals surface area contributed by atoms with Crippen molar-refractivity contribution in [2.75, 3.05) is 6.54 Å². The van der Waals surface area contributed by atoms with Crippen LogP contribution in [0.3, 0.4) is 0 Å². The molecule has 6 nitrogen and oxygen atoms in total. The molecule has 0 unspecified atom stereocenters. The lowest BCUT2D eigenvalue weighted by molar-refractivity contribution is -0.128. The number of hydrogen-bond acceptors (Lipinski definition) is 4. The molecule has 2 aromatic rings. The normalized spacial score (nSPS) is 12.0. The molecule has 0 spiro atoms. The summed E-state index contributed by atoms with van der Waals surface area (Å²) in [4.78, 5) is 24.3. The molecule has 0 fully saturated rings. The van der Waals surface area contributed by atoms with Gasteiger partial charge in [-0.3, -0.25) is 9.59 Å². The van der Waals surface area contributed by atoms with Gasteiger partial charge in [0.05, 0.1) is 5.69 Å². The number of hydrogen-bond donors (Lipinski definition) is 1. The molecule has 0 aliphatic heterocycles. The predicted octanol–water partition coefficient (Wildman–Crippen LogP) is 2.69. The lowest BCUT2D eigenvalue weighted by atomic mass is 10.1. The second-order valence-electron chi connectivity index (χ2n) is 6.39. The first kappa shape index (κ1) is 19.6. The third-order valence-corrected chi connectivity index (χ3v) is 3.79. The number of rotatable bonds is 8. The monoisotopic (exact) mass is 361 g/mol. The highest BCUT2D eigenvalue weighted by atomic mass is 19.1. The van der Waals surface area contributed by atoms with E-state index in [2.05, 4.69) is 24.3 Å². The summed E-state index contributed by atoms with van der Waals surface area (Å²) in [6.45, 7) is 6.59. The van der Waals surface area contributed by atoms with E-state index in [1.165, 1.54) is 36.4 Å². The van der Waals surface area contributed by atoms with Gasteiger partial charge in [-0.1, -0.05) is 20.8 Å². The zero-order valence-corrected chi connectivity index (χ0v) is 15.2. The Kier molecular flexibility index (Phi) is 6.89. The summed E-state index contributed by atoms with van der Waals surface area (Å²) in [5.74, 6) is 0.0322. The van der Waals surface area contributed by atoms with Crippen LogP contribution in [0.1, 0.15) is 33.6 Å². The highest BCUT2D eigenvalue weighted by Gasteiger charge is 2.19. The molecule has 7 heteroatoms. The molecule has 1 aromatic carbocycles. The topological polar surface area (TPSA) is 73.2 Å². The van der Waals surface area contributed by atoms with Crippen LogP contribution in [0, 0.1) is 11.7 Å². The Hall–Kier alpha value is -2.70. The standard InChI is InChI=1S/C19H24FN3O3/c1-4-16(19(25)21-12-11-13(2)3)26-17-9-10-18(24)23(22-17)15-7-5-14(20)6-8-15/h5-10,13,16H,4,11-12H2,1-3H3,(H,21,25)/t16-/m1/s1. The van der Waals surface area contributed by atoms with Gasteiger partial charge < -0.3 is 10.1 Å². The molecule has 0 aliphatic carbocycles. The maximum absolute atomic E-state index is 13.1. The van der Waals surface area contributed by atoms with E-state index in [-0.39, 0.29) is 17.3 Å². The van der Waals surface area contributed by atoms with Crippen molar-refractivity contribution in [3.8, 4) is 11.6 Å². The van der Waals surface area contributed by atoms with E-state index in [4.69, 9.17) is 4.74 Å².